The molecule has 1 aromatic carbocycles. The molecule has 0 bridgehead atoms. The van der Waals surface area contributed by atoms with Gasteiger partial charge in [-0.1, -0.05) is 37.3 Å². The number of aromatic nitrogens is 2. The van der Waals surface area contributed by atoms with Crippen molar-refractivity contribution in [1.82, 2.24) is 15.1 Å². The molecule has 0 radical (unpaired) electrons. The van der Waals surface area contributed by atoms with Crippen LogP contribution in [0.4, 0.5) is 0 Å². The van der Waals surface area contributed by atoms with E-state index < -0.39 is 5.60 Å². The molecule has 5 nitrogen and oxygen atoms in total. The molecule has 0 spiro atoms. The predicted molar refractivity (Wildman–Crippen MR) is 80.7 cm³/mol. The van der Waals surface area contributed by atoms with Crippen molar-refractivity contribution >= 4 is 5.91 Å². The van der Waals surface area contributed by atoms with Crippen LogP contribution in [0.1, 0.15) is 36.2 Å². The van der Waals surface area contributed by atoms with Gasteiger partial charge in [-0.3, -0.25) is 9.89 Å². The summed E-state index contributed by atoms with van der Waals surface area (Å²) in [4.78, 5) is 14.2. The van der Waals surface area contributed by atoms with Crippen LogP contribution < -0.4 is 0 Å². The quantitative estimate of drug-likeness (QED) is 0.856. The number of aliphatic hydroxyl groups is 1. The normalized spacial score (nSPS) is 13.7. The summed E-state index contributed by atoms with van der Waals surface area (Å²) in [6.45, 7) is 4.39. The van der Waals surface area contributed by atoms with Crippen molar-refractivity contribution in [2.24, 2.45) is 0 Å². The molecule has 112 valence electrons. The SMILES string of the molecule is CCC(C)(O)CN(Cc1ccccc1)C(=O)c1cn[nH]c1. The Labute approximate surface area is 124 Å². The first-order valence-electron chi connectivity index (χ1n) is 7.06. The maximum atomic E-state index is 12.6. The van der Waals surface area contributed by atoms with E-state index in [1.54, 1.807) is 18.0 Å². The highest BCUT2D eigenvalue weighted by atomic mass is 16.3. The Balaban J connectivity index is 2.20. The topological polar surface area (TPSA) is 69.2 Å². The van der Waals surface area contributed by atoms with Gasteiger partial charge in [0.2, 0.25) is 0 Å². The maximum absolute atomic E-state index is 12.6. The first-order chi connectivity index (χ1) is 10.0. The molecule has 1 amide bonds. The number of aromatic amines is 1. The van der Waals surface area contributed by atoms with E-state index in [1.165, 1.54) is 6.20 Å². The van der Waals surface area contributed by atoms with Crippen molar-refractivity contribution in [2.75, 3.05) is 6.54 Å². The third-order valence-corrected chi connectivity index (χ3v) is 3.54. The number of nitrogens with one attached hydrogen (secondary N) is 1. The van der Waals surface area contributed by atoms with Gasteiger partial charge in [0.1, 0.15) is 0 Å². The number of rotatable bonds is 6. The predicted octanol–water partition coefficient (Wildman–Crippen LogP) is 2.21. The van der Waals surface area contributed by atoms with E-state index in [2.05, 4.69) is 10.2 Å². The lowest BCUT2D eigenvalue weighted by Gasteiger charge is -2.31. The van der Waals surface area contributed by atoms with E-state index in [0.29, 0.717) is 18.5 Å². The number of hydrogen-bond donors (Lipinski definition) is 2. The fraction of sp³-hybridized carbons (Fsp3) is 0.375. The van der Waals surface area contributed by atoms with Gasteiger partial charge in [0.15, 0.2) is 0 Å². The summed E-state index contributed by atoms with van der Waals surface area (Å²) in [6, 6.07) is 9.75. The molecule has 2 aromatic rings. The summed E-state index contributed by atoms with van der Waals surface area (Å²) in [7, 11) is 0. The number of hydrogen-bond acceptors (Lipinski definition) is 3. The summed E-state index contributed by atoms with van der Waals surface area (Å²) < 4.78 is 0. The monoisotopic (exact) mass is 287 g/mol. The summed E-state index contributed by atoms with van der Waals surface area (Å²) in [5.74, 6) is -0.138. The lowest BCUT2D eigenvalue weighted by Crippen LogP contribution is -2.43. The second kappa shape index (κ2) is 6.54. The fourth-order valence-electron chi connectivity index (χ4n) is 2.08. The van der Waals surface area contributed by atoms with E-state index in [0.717, 1.165) is 5.56 Å². The Hall–Kier alpha value is -2.14. The average molecular weight is 287 g/mol. The van der Waals surface area contributed by atoms with Crippen molar-refractivity contribution < 1.29 is 9.90 Å². The van der Waals surface area contributed by atoms with E-state index in [-0.39, 0.29) is 12.5 Å². The second-order valence-electron chi connectivity index (χ2n) is 5.48. The van der Waals surface area contributed by atoms with Gasteiger partial charge in [0, 0.05) is 19.3 Å². The number of carbonyl (C=O) groups excluding carboxylic acids is 1. The van der Waals surface area contributed by atoms with Gasteiger partial charge < -0.3 is 10.0 Å². The van der Waals surface area contributed by atoms with E-state index >= 15 is 0 Å². The molecule has 0 aliphatic heterocycles. The summed E-state index contributed by atoms with van der Waals surface area (Å²) >= 11 is 0. The van der Waals surface area contributed by atoms with Gasteiger partial charge in [-0.05, 0) is 18.9 Å². The Kier molecular flexibility index (Phi) is 4.75. The Morgan fingerprint density at radius 2 is 2.10 bits per heavy atom. The molecule has 0 aliphatic carbocycles. The Bertz CT molecular complexity index is 564. The number of benzene rings is 1. The standard InChI is InChI=1S/C16H21N3O2/c1-3-16(2,21)12-19(11-13-7-5-4-6-8-13)15(20)14-9-17-18-10-14/h4-10,21H,3,11-12H2,1-2H3,(H,17,18). The van der Waals surface area contributed by atoms with Crippen LogP contribution in [0.5, 0.6) is 0 Å². The zero-order valence-electron chi connectivity index (χ0n) is 12.4. The summed E-state index contributed by atoms with van der Waals surface area (Å²) in [5, 5.41) is 16.8. The van der Waals surface area contributed by atoms with Crippen LogP contribution in [0.25, 0.3) is 0 Å². The van der Waals surface area contributed by atoms with E-state index in [1.807, 2.05) is 37.3 Å². The summed E-state index contributed by atoms with van der Waals surface area (Å²) in [5.41, 5.74) is 0.618. The molecular weight excluding hydrogens is 266 g/mol. The highest BCUT2D eigenvalue weighted by molar-refractivity contribution is 5.93. The van der Waals surface area contributed by atoms with Gasteiger partial charge in [-0.25, -0.2) is 0 Å². The molecule has 2 N–H and O–H groups in total. The molecule has 5 heteroatoms. The number of amides is 1. The Morgan fingerprint density at radius 3 is 2.67 bits per heavy atom. The minimum atomic E-state index is -0.909. The van der Waals surface area contributed by atoms with Gasteiger partial charge in [0.05, 0.1) is 17.4 Å². The molecule has 1 unspecified atom stereocenters. The third kappa shape index (κ3) is 4.16. The number of H-pyrrole nitrogens is 1. The minimum absolute atomic E-state index is 0.138. The van der Waals surface area contributed by atoms with Crippen LogP contribution >= 0.6 is 0 Å². The molecule has 0 aliphatic rings. The van der Waals surface area contributed by atoms with Crippen molar-refractivity contribution in [3.8, 4) is 0 Å². The van der Waals surface area contributed by atoms with E-state index in [4.69, 9.17) is 0 Å². The van der Waals surface area contributed by atoms with Crippen molar-refractivity contribution in [3.63, 3.8) is 0 Å². The Morgan fingerprint density at radius 1 is 1.38 bits per heavy atom. The van der Waals surface area contributed by atoms with Gasteiger partial charge in [-0.15, -0.1) is 0 Å². The van der Waals surface area contributed by atoms with Crippen molar-refractivity contribution in [2.45, 2.75) is 32.4 Å². The zero-order valence-corrected chi connectivity index (χ0v) is 12.4. The number of carbonyl (C=O) groups is 1. The second-order valence-corrected chi connectivity index (χ2v) is 5.48. The smallest absolute Gasteiger partial charge is 0.257 e. The van der Waals surface area contributed by atoms with E-state index in [9.17, 15) is 9.90 Å². The van der Waals surface area contributed by atoms with Gasteiger partial charge in [-0.2, -0.15) is 5.10 Å². The van der Waals surface area contributed by atoms with Crippen LogP contribution in [-0.2, 0) is 6.54 Å². The van der Waals surface area contributed by atoms with Crippen LogP contribution in [-0.4, -0.2) is 38.3 Å². The number of nitrogens with zero attached hydrogens (tertiary/aromatic N) is 2. The molecule has 1 heterocycles. The lowest BCUT2D eigenvalue weighted by atomic mass is 10.0. The first kappa shape index (κ1) is 15.3. The lowest BCUT2D eigenvalue weighted by molar-refractivity contribution is 0.0135. The molecule has 0 saturated heterocycles. The fourth-order valence-corrected chi connectivity index (χ4v) is 2.08. The third-order valence-electron chi connectivity index (χ3n) is 3.54. The van der Waals surface area contributed by atoms with Crippen LogP contribution in [0.15, 0.2) is 42.7 Å². The van der Waals surface area contributed by atoms with Crippen LogP contribution in [0, 0.1) is 0 Å². The highest BCUT2D eigenvalue weighted by Crippen LogP contribution is 2.16. The van der Waals surface area contributed by atoms with Crippen LogP contribution in [0.2, 0.25) is 0 Å². The first-order valence-corrected chi connectivity index (χ1v) is 7.06. The van der Waals surface area contributed by atoms with Crippen LogP contribution in [0.3, 0.4) is 0 Å². The minimum Gasteiger partial charge on any atom is -0.388 e. The average Bonchev–Trinajstić information content (AvgIpc) is 3.01. The van der Waals surface area contributed by atoms with Gasteiger partial charge in [0.25, 0.3) is 5.91 Å². The van der Waals surface area contributed by atoms with Crippen molar-refractivity contribution in [3.05, 3.63) is 53.9 Å². The molecular formula is C16H21N3O2. The largest absolute Gasteiger partial charge is 0.388 e. The summed E-state index contributed by atoms with van der Waals surface area (Å²) in [6.07, 6.45) is 3.65. The van der Waals surface area contributed by atoms with Crippen molar-refractivity contribution in [1.29, 1.82) is 0 Å². The molecule has 21 heavy (non-hydrogen) atoms. The van der Waals surface area contributed by atoms with Gasteiger partial charge >= 0.3 is 0 Å². The maximum Gasteiger partial charge on any atom is 0.257 e. The molecule has 2 rings (SSSR count). The molecule has 0 fully saturated rings. The molecule has 1 atom stereocenters. The molecule has 0 saturated carbocycles. The highest BCUT2D eigenvalue weighted by Gasteiger charge is 2.26. The molecule has 1 aromatic heterocycles. The zero-order chi connectivity index (χ0) is 15.3.